The van der Waals surface area contributed by atoms with Crippen LogP contribution in [0.4, 0.5) is 5.69 Å². The molecule has 1 aromatic carbocycles. The second-order valence-corrected chi connectivity index (χ2v) is 6.10. The van der Waals surface area contributed by atoms with E-state index in [0.717, 1.165) is 23.7 Å². The molecule has 4 heteroatoms. The van der Waals surface area contributed by atoms with Crippen LogP contribution in [-0.4, -0.2) is 23.6 Å². The van der Waals surface area contributed by atoms with Crippen LogP contribution in [-0.2, 0) is 0 Å². The lowest BCUT2D eigenvalue weighted by molar-refractivity contribution is 0.318. The molecule has 1 heterocycles. The summed E-state index contributed by atoms with van der Waals surface area (Å²) in [5, 5.41) is 12.2. The van der Waals surface area contributed by atoms with Crippen LogP contribution in [0.1, 0.15) is 43.2 Å². The van der Waals surface area contributed by atoms with Gasteiger partial charge in [0.15, 0.2) is 5.84 Å². The highest BCUT2D eigenvalue weighted by atomic mass is 16.4. The molecular formula is C16H23N3O. The molecular weight excluding hydrogens is 250 g/mol. The van der Waals surface area contributed by atoms with E-state index in [4.69, 9.17) is 10.9 Å². The molecule has 0 spiro atoms. The van der Waals surface area contributed by atoms with Gasteiger partial charge in [0.05, 0.1) is 0 Å². The number of benzene rings is 1. The summed E-state index contributed by atoms with van der Waals surface area (Å²) in [4.78, 5) is 2.50. The standard InChI is InChI=1S/C16H23N3O/c1-11-7-8-13(16(17)18-20)15(10-11)19-9-3-5-12-4-2-6-14(12)19/h7-8,10,12,14,20H,2-6,9H2,1H3,(H2,17,18). The van der Waals surface area contributed by atoms with Gasteiger partial charge in [-0.1, -0.05) is 17.6 Å². The van der Waals surface area contributed by atoms with Gasteiger partial charge in [0.25, 0.3) is 0 Å². The summed E-state index contributed by atoms with van der Waals surface area (Å²) in [7, 11) is 0. The minimum absolute atomic E-state index is 0.208. The van der Waals surface area contributed by atoms with E-state index in [1.807, 2.05) is 12.1 Å². The molecule has 1 saturated heterocycles. The molecule has 2 aliphatic rings. The fourth-order valence-electron chi connectivity index (χ4n) is 3.90. The SMILES string of the molecule is Cc1ccc(C(N)=NO)c(N2CCCC3CCCC32)c1. The molecule has 2 fully saturated rings. The molecule has 0 bridgehead atoms. The molecule has 108 valence electrons. The van der Waals surface area contributed by atoms with Crippen molar-refractivity contribution in [1.29, 1.82) is 0 Å². The Bertz CT molecular complexity index is 526. The number of nitrogens with two attached hydrogens (primary N) is 1. The predicted molar refractivity (Wildman–Crippen MR) is 81.4 cm³/mol. The summed E-state index contributed by atoms with van der Waals surface area (Å²) in [5.41, 5.74) is 9.07. The Hall–Kier alpha value is -1.71. The van der Waals surface area contributed by atoms with Gasteiger partial charge in [0.2, 0.25) is 0 Å². The van der Waals surface area contributed by atoms with E-state index >= 15 is 0 Å². The van der Waals surface area contributed by atoms with Crippen molar-refractivity contribution in [2.24, 2.45) is 16.8 Å². The Kier molecular flexibility index (Phi) is 3.55. The van der Waals surface area contributed by atoms with E-state index in [0.29, 0.717) is 6.04 Å². The molecule has 1 aliphatic carbocycles. The van der Waals surface area contributed by atoms with E-state index in [9.17, 15) is 0 Å². The van der Waals surface area contributed by atoms with Crippen LogP contribution in [0, 0.1) is 12.8 Å². The fourth-order valence-corrected chi connectivity index (χ4v) is 3.90. The Morgan fingerprint density at radius 1 is 1.30 bits per heavy atom. The van der Waals surface area contributed by atoms with Crippen LogP contribution >= 0.6 is 0 Å². The summed E-state index contributed by atoms with van der Waals surface area (Å²) in [6.07, 6.45) is 6.55. The van der Waals surface area contributed by atoms with Crippen molar-refractivity contribution in [3.63, 3.8) is 0 Å². The van der Waals surface area contributed by atoms with Gasteiger partial charge in [-0.3, -0.25) is 0 Å². The first-order chi connectivity index (χ1) is 9.70. The van der Waals surface area contributed by atoms with Gasteiger partial charge < -0.3 is 15.8 Å². The molecule has 0 amide bonds. The molecule has 4 nitrogen and oxygen atoms in total. The van der Waals surface area contributed by atoms with Gasteiger partial charge in [0.1, 0.15) is 0 Å². The van der Waals surface area contributed by atoms with Gasteiger partial charge in [0, 0.05) is 23.8 Å². The number of piperidine rings is 1. The normalized spacial score (nSPS) is 26.6. The molecule has 1 aliphatic heterocycles. The monoisotopic (exact) mass is 273 g/mol. The maximum atomic E-state index is 9.01. The number of nitrogens with zero attached hydrogens (tertiary/aromatic N) is 2. The van der Waals surface area contributed by atoms with Crippen molar-refractivity contribution in [2.75, 3.05) is 11.4 Å². The van der Waals surface area contributed by atoms with Crippen molar-refractivity contribution in [3.05, 3.63) is 29.3 Å². The average Bonchev–Trinajstić information content (AvgIpc) is 2.94. The fraction of sp³-hybridized carbons (Fsp3) is 0.562. The summed E-state index contributed by atoms with van der Waals surface area (Å²) >= 11 is 0. The van der Waals surface area contributed by atoms with Crippen molar-refractivity contribution >= 4 is 11.5 Å². The number of fused-ring (bicyclic) bond motifs is 1. The van der Waals surface area contributed by atoms with Gasteiger partial charge >= 0.3 is 0 Å². The number of amidine groups is 1. The first-order valence-corrected chi connectivity index (χ1v) is 7.56. The van der Waals surface area contributed by atoms with E-state index in [-0.39, 0.29) is 5.84 Å². The first kappa shape index (κ1) is 13.3. The highest BCUT2D eigenvalue weighted by molar-refractivity contribution is 6.02. The minimum atomic E-state index is 0.208. The molecule has 2 unspecified atom stereocenters. The Morgan fingerprint density at radius 3 is 2.90 bits per heavy atom. The number of aryl methyl sites for hydroxylation is 1. The molecule has 20 heavy (non-hydrogen) atoms. The highest BCUT2D eigenvalue weighted by Crippen LogP contribution is 2.40. The molecule has 2 atom stereocenters. The maximum absolute atomic E-state index is 9.01. The third-order valence-electron chi connectivity index (χ3n) is 4.84. The van der Waals surface area contributed by atoms with Crippen LogP contribution in [0.3, 0.4) is 0 Å². The number of hydrogen-bond donors (Lipinski definition) is 2. The minimum Gasteiger partial charge on any atom is -0.409 e. The lowest BCUT2D eigenvalue weighted by Crippen LogP contribution is -2.43. The van der Waals surface area contributed by atoms with Gasteiger partial charge in [-0.25, -0.2) is 0 Å². The Morgan fingerprint density at radius 2 is 2.10 bits per heavy atom. The lowest BCUT2D eigenvalue weighted by Gasteiger charge is -2.40. The Labute approximate surface area is 120 Å². The largest absolute Gasteiger partial charge is 0.409 e. The van der Waals surface area contributed by atoms with Gasteiger partial charge in [-0.2, -0.15) is 0 Å². The van der Waals surface area contributed by atoms with Gasteiger partial charge in [-0.15, -0.1) is 0 Å². The average molecular weight is 273 g/mol. The molecule has 3 N–H and O–H groups in total. The Balaban J connectivity index is 2.01. The molecule has 1 aromatic rings. The van der Waals surface area contributed by atoms with Crippen LogP contribution < -0.4 is 10.6 Å². The van der Waals surface area contributed by atoms with Crippen LogP contribution in [0.25, 0.3) is 0 Å². The van der Waals surface area contributed by atoms with Gasteiger partial charge in [-0.05, 0) is 56.2 Å². The molecule has 0 aromatic heterocycles. The first-order valence-electron chi connectivity index (χ1n) is 7.56. The second kappa shape index (κ2) is 5.35. The van der Waals surface area contributed by atoms with Crippen LogP contribution in [0.5, 0.6) is 0 Å². The van der Waals surface area contributed by atoms with E-state index < -0.39 is 0 Å². The molecule has 1 saturated carbocycles. The van der Waals surface area contributed by atoms with Crippen molar-refractivity contribution in [3.8, 4) is 0 Å². The lowest BCUT2D eigenvalue weighted by atomic mass is 9.90. The topological polar surface area (TPSA) is 61.9 Å². The smallest absolute Gasteiger partial charge is 0.172 e. The number of hydrogen-bond acceptors (Lipinski definition) is 3. The second-order valence-electron chi connectivity index (χ2n) is 6.10. The van der Waals surface area contributed by atoms with E-state index in [1.165, 1.54) is 37.7 Å². The zero-order valence-corrected chi connectivity index (χ0v) is 12.0. The van der Waals surface area contributed by atoms with Crippen molar-refractivity contribution < 1.29 is 5.21 Å². The quantitative estimate of drug-likeness (QED) is 0.377. The molecule has 3 rings (SSSR count). The van der Waals surface area contributed by atoms with Crippen molar-refractivity contribution in [2.45, 2.75) is 45.1 Å². The summed E-state index contributed by atoms with van der Waals surface area (Å²) in [6, 6.07) is 6.80. The number of rotatable bonds is 2. The number of oxime groups is 1. The highest BCUT2D eigenvalue weighted by Gasteiger charge is 2.36. The van der Waals surface area contributed by atoms with Crippen LogP contribution in [0.15, 0.2) is 23.4 Å². The summed E-state index contributed by atoms with van der Waals surface area (Å²) in [5.74, 6) is 1.03. The molecule has 0 radical (unpaired) electrons. The van der Waals surface area contributed by atoms with E-state index in [2.05, 4.69) is 23.0 Å². The zero-order chi connectivity index (χ0) is 14.1. The predicted octanol–water partition coefficient (Wildman–Crippen LogP) is 2.86. The third kappa shape index (κ3) is 2.23. The van der Waals surface area contributed by atoms with Crippen LogP contribution in [0.2, 0.25) is 0 Å². The zero-order valence-electron chi connectivity index (χ0n) is 12.0. The van der Waals surface area contributed by atoms with E-state index in [1.54, 1.807) is 0 Å². The third-order valence-corrected chi connectivity index (χ3v) is 4.84. The summed E-state index contributed by atoms with van der Waals surface area (Å²) in [6.45, 7) is 3.17. The van der Waals surface area contributed by atoms with Crippen molar-refractivity contribution in [1.82, 2.24) is 0 Å². The number of anilines is 1. The summed E-state index contributed by atoms with van der Waals surface area (Å²) < 4.78 is 0. The maximum Gasteiger partial charge on any atom is 0.172 e.